The molecule has 21 heavy (non-hydrogen) atoms. The molecule has 1 saturated carbocycles. The Morgan fingerprint density at radius 1 is 1.00 bits per heavy atom. The molecule has 1 fully saturated rings. The van der Waals surface area contributed by atoms with E-state index in [-0.39, 0.29) is 0 Å². The minimum absolute atomic E-state index is 0.737. The average molecular weight is 292 g/mol. The van der Waals surface area contributed by atoms with Crippen molar-refractivity contribution < 1.29 is 8.78 Å². The lowest BCUT2D eigenvalue weighted by atomic mass is 9.78. The summed E-state index contributed by atoms with van der Waals surface area (Å²) in [7, 11) is 0. The van der Waals surface area contributed by atoms with Crippen molar-refractivity contribution in [3.05, 3.63) is 41.5 Å². The Bertz CT molecular complexity index is 457. The van der Waals surface area contributed by atoms with Crippen molar-refractivity contribution >= 4 is 6.08 Å². The van der Waals surface area contributed by atoms with Crippen molar-refractivity contribution in [3.8, 4) is 0 Å². The number of benzene rings is 1. The van der Waals surface area contributed by atoms with Gasteiger partial charge in [-0.3, -0.25) is 0 Å². The van der Waals surface area contributed by atoms with Crippen LogP contribution in [0.5, 0.6) is 0 Å². The van der Waals surface area contributed by atoms with Gasteiger partial charge in [-0.05, 0) is 42.4 Å². The molecular weight excluding hydrogens is 266 g/mol. The van der Waals surface area contributed by atoms with Crippen LogP contribution < -0.4 is 0 Å². The van der Waals surface area contributed by atoms with Crippen molar-refractivity contribution in [1.29, 1.82) is 0 Å². The second-order valence-electron chi connectivity index (χ2n) is 6.33. The van der Waals surface area contributed by atoms with Crippen LogP contribution in [0.4, 0.5) is 8.78 Å². The molecule has 0 N–H and O–H groups in total. The Hall–Kier alpha value is -1.18. The summed E-state index contributed by atoms with van der Waals surface area (Å²) in [5, 5.41) is 0. The number of hydrogen-bond donors (Lipinski definition) is 0. The number of halogens is 2. The fourth-order valence-corrected chi connectivity index (χ4v) is 3.38. The average Bonchev–Trinajstić information content (AvgIpc) is 2.49. The molecule has 0 aromatic heterocycles. The van der Waals surface area contributed by atoms with Crippen LogP contribution >= 0.6 is 0 Å². The first-order valence-electron chi connectivity index (χ1n) is 8.30. The molecule has 0 unspecified atom stereocenters. The monoisotopic (exact) mass is 292 g/mol. The van der Waals surface area contributed by atoms with E-state index in [4.69, 9.17) is 0 Å². The van der Waals surface area contributed by atoms with Crippen LogP contribution in [-0.2, 0) is 0 Å². The standard InChI is InChI=1S/C19H26F2/c1-2-5-15-8-10-16(11-9-15)6-3-4-7-17-12-13-18(20)19(21)14-17/h4,7,12-16H,2-3,5-6,8-11H2,1H3/b7-4-. The normalized spacial score (nSPS) is 22.8. The highest BCUT2D eigenvalue weighted by Gasteiger charge is 2.19. The highest BCUT2D eigenvalue weighted by molar-refractivity contribution is 5.48. The predicted molar refractivity (Wildman–Crippen MR) is 85.0 cm³/mol. The fraction of sp³-hybridized carbons (Fsp3) is 0.579. The van der Waals surface area contributed by atoms with Gasteiger partial charge in [0.15, 0.2) is 11.6 Å². The van der Waals surface area contributed by atoms with Gasteiger partial charge in [-0.1, -0.05) is 63.7 Å². The van der Waals surface area contributed by atoms with Gasteiger partial charge in [0, 0.05) is 0 Å². The summed E-state index contributed by atoms with van der Waals surface area (Å²) in [4.78, 5) is 0. The number of allylic oxidation sites excluding steroid dienone is 1. The van der Waals surface area contributed by atoms with E-state index in [1.54, 1.807) is 6.07 Å². The Labute approximate surface area is 127 Å². The first-order valence-corrected chi connectivity index (χ1v) is 8.30. The summed E-state index contributed by atoms with van der Waals surface area (Å²) < 4.78 is 25.9. The third-order valence-corrected chi connectivity index (χ3v) is 4.66. The Kier molecular flexibility index (Phi) is 6.41. The lowest BCUT2D eigenvalue weighted by Crippen LogP contribution is -2.14. The highest BCUT2D eigenvalue weighted by atomic mass is 19.2. The van der Waals surface area contributed by atoms with Gasteiger partial charge in [-0.2, -0.15) is 0 Å². The molecule has 0 heterocycles. The van der Waals surface area contributed by atoms with Crippen molar-refractivity contribution in [3.63, 3.8) is 0 Å². The van der Waals surface area contributed by atoms with Gasteiger partial charge in [0.05, 0.1) is 0 Å². The molecule has 0 amide bonds. The van der Waals surface area contributed by atoms with E-state index < -0.39 is 11.6 Å². The van der Waals surface area contributed by atoms with E-state index in [2.05, 4.69) is 13.0 Å². The predicted octanol–water partition coefficient (Wildman–Crippen LogP) is 6.36. The van der Waals surface area contributed by atoms with Gasteiger partial charge in [-0.15, -0.1) is 0 Å². The number of rotatable bonds is 6. The summed E-state index contributed by atoms with van der Waals surface area (Å²) in [5.41, 5.74) is 0.737. The number of hydrogen-bond acceptors (Lipinski definition) is 0. The molecule has 0 spiro atoms. The molecular formula is C19H26F2. The molecule has 1 aliphatic rings. The van der Waals surface area contributed by atoms with Gasteiger partial charge in [0.2, 0.25) is 0 Å². The van der Waals surface area contributed by atoms with Crippen LogP contribution in [0.25, 0.3) is 6.08 Å². The minimum Gasteiger partial charge on any atom is -0.204 e. The zero-order chi connectivity index (χ0) is 15.1. The van der Waals surface area contributed by atoms with Gasteiger partial charge in [0.1, 0.15) is 0 Å². The lowest BCUT2D eigenvalue weighted by molar-refractivity contribution is 0.253. The Balaban J connectivity index is 1.70. The Morgan fingerprint density at radius 3 is 2.29 bits per heavy atom. The lowest BCUT2D eigenvalue weighted by Gasteiger charge is -2.28. The highest BCUT2D eigenvalue weighted by Crippen LogP contribution is 2.33. The van der Waals surface area contributed by atoms with Crippen LogP contribution in [0.15, 0.2) is 24.3 Å². The molecule has 1 aliphatic carbocycles. The van der Waals surface area contributed by atoms with Crippen LogP contribution in [0.1, 0.15) is 63.9 Å². The van der Waals surface area contributed by atoms with Crippen LogP contribution in [0.3, 0.4) is 0 Å². The van der Waals surface area contributed by atoms with E-state index >= 15 is 0 Å². The maximum absolute atomic E-state index is 13.1. The molecule has 1 aromatic rings. The summed E-state index contributed by atoms with van der Waals surface area (Å²) in [6.07, 6.45) is 14.5. The zero-order valence-corrected chi connectivity index (χ0v) is 13.0. The topological polar surface area (TPSA) is 0 Å². The maximum atomic E-state index is 13.1. The molecule has 0 saturated heterocycles. The molecule has 0 nitrogen and oxygen atoms in total. The molecule has 0 atom stereocenters. The summed E-state index contributed by atoms with van der Waals surface area (Å²) in [6, 6.07) is 4.05. The molecule has 0 radical (unpaired) electrons. The second kappa shape index (κ2) is 8.31. The third kappa shape index (κ3) is 5.26. The van der Waals surface area contributed by atoms with Gasteiger partial charge in [0.25, 0.3) is 0 Å². The first kappa shape index (κ1) is 16.2. The van der Waals surface area contributed by atoms with Crippen molar-refractivity contribution in [2.75, 3.05) is 0 Å². The van der Waals surface area contributed by atoms with Gasteiger partial charge in [-0.25, -0.2) is 8.78 Å². The van der Waals surface area contributed by atoms with Crippen molar-refractivity contribution in [1.82, 2.24) is 0 Å². The van der Waals surface area contributed by atoms with Gasteiger partial charge < -0.3 is 0 Å². The maximum Gasteiger partial charge on any atom is 0.159 e. The van der Waals surface area contributed by atoms with Crippen LogP contribution in [-0.4, -0.2) is 0 Å². The molecule has 1 aromatic carbocycles. The summed E-state index contributed by atoms with van der Waals surface area (Å²) in [5.74, 6) is 0.263. The molecule has 0 bridgehead atoms. The summed E-state index contributed by atoms with van der Waals surface area (Å²) in [6.45, 7) is 2.27. The second-order valence-corrected chi connectivity index (χ2v) is 6.33. The van der Waals surface area contributed by atoms with E-state index in [0.29, 0.717) is 0 Å². The summed E-state index contributed by atoms with van der Waals surface area (Å²) >= 11 is 0. The smallest absolute Gasteiger partial charge is 0.159 e. The van der Waals surface area contributed by atoms with E-state index in [1.807, 2.05) is 6.08 Å². The fourth-order valence-electron chi connectivity index (χ4n) is 3.38. The molecule has 116 valence electrons. The molecule has 2 heteroatoms. The molecule has 0 aliphatic heterocycles. The van der Waals surface area contributed by atoms with E-state index in [9.17, 15) is 8.78 Å². The van der Waals surface area contributed by atoms with E-state index in [0.717, 1.165) is 23.8 Å². The largest absolute Gasteiger partial charge is 0.204 e. The van der Waals surface area contributed by atoms with Crippen molar-refractivity contribution in [2.24, 2.45) is 11.8 Å². The Morgan fingerprint density at radius 2 is 1.67 bits per heavy atom. The first-order chi connectivity index (χ1) is 10.2. The van der Waals surface area contributed by atoms with Gasteiger partial charge >= 0.3 is 0 Å². The van der Waals surface area contributed by atoms with E-state index in [1.165, 1.54) is 57.1 Å². The SMILES string of the molecule is CCCC1CCC(CC/C=C\c2ccc(F)c(F)c2)CC1. The zero-order valence-electron chi connectivity index (χ0n) is 13.0. The third-order valence-electron chi connectivity index (χ3n) is 4.66. The van der Waals surface area contributed by atoms with Crippen molar-refractivity contribution in [2.45, 2.75) is 58.3 Å². The van der Waals surface area contributed by atoms with Crippen LogP contribution in [0.2, 0.25) is 0 Å². The molecule has 2 rings (SSSR count). The van der Waals surface area contributed by atoms with Crippen LogP contribution in [0, 0.1) is 23.5 Å². The quantitative estimate of drug-likeness (QED) is 0.572. The minimum atomic E-state index is -0.781.